The van der Waals surface area contributed by atoms with E-state index in [4.69, 9.17) is 16.3 Å². The zero-order chi connectivity index (χ0) is 15.1. The molecule has 0 spiro atoms. The van der Waals surface area contributed by atoms with E-state index in [1.807, 2.05) is 17.5 Å². The number of anilines is 1. The van der Waals surface area contributed by atoms with E-state index in [1.165, 1.54) is 17.4 Å². The van der Waals surface area contributed by atoms with Crippen LogP contribution in [0.3, 0.4) is 0 Å². The van der Waals surface area contributed by atoms with Crippen LogP contribution in [0.1, 0.15) is 4.88 Å². The summed E-state index contributed by atoms with van der Waals surface area (Å²) < 4.78 is 4.84. The van der Waals surface area contributed by atoms with Crippen molar-refractivity contribution in [3.05, 3.63) is 57.8 Å². The third-order valence-electron chi connectivity index (χ3n) is 2.42. The van der Waals surface area contributed by atoms with Crippen molar-refractivity contribution in [3.63, 3.8) is 0 Å². The molecular weight excluding hydrogens is 310 g/mol. The molecule has 0 aliphatic rings. The Labute approximate surface area is 131 Å². The number of rotatable bonds is 5. The molecule has 0 aliphatic heterocycles. The summed E-state index contributed by atoms with van der Waals surface area (Å²) in [6.45, 7) is -0.362. The maximum atomic E-state index is 11.6. The van der Waals surface area contributed by atoms with E-state index in [1.54, 1.807) is 30.3 Å². The minimum Gasteiger partial charge on any atom is -0.452 e. The van der Waals surface area contributed by atoms with Crippen LogP contribution in [0.2, 0.25) is 5.02 Å². The van der Waals surface area contributed by atoms with Gasteiger partial charge in [0.05, 0.1) is 10.7 Å². The van der Waals surface area contributed by atoms with Gasteiger partial charge in [-0.1, -0.05) is 29.8 Å². The average molecular weight is 322 g/mol. The molecule has 6 heteroatoms. The predicted molar refractivity (Wildman–Crippen MR) is 84.4 cm³/mol. The van der Waals surface area contributed by atoms with Crippen LogP contribution in [-0.4, -0.2) is 18.5 Å². The van der Waals surface area contributed by atoms with E-state index >= 15 is 0 Å². The van der Waals surface area contributed by atoms with Gasteiger partial charge in [-0.3, -0.25) is 4.79 Å². The number of carbonyl (C=O) groups excluding carboxylic acids is 2. The standard InChI is InChI=1S/C15H12ClNO3S/c16-12-5-1-2-6-13(12)17-14(18)10-20-15(19)8-7-11-4-3-9-21-11/h1-9H,10H2,(H,17,18). The van der Waals surface area contributed by atoms with E-state index in [0.29, 0.717) is 10.7 Å². The largest absolute Gasteiger partial charge is 0.452 e. The van der Waals surface area contributed by atoms with Crippen LogP contribution in [0, 0.1) is 0 Å². The molecule has 1 N–H and O–H groups in total. The zero-order valence-electron chi connectivity index (χ0n) is 10.9. The monoisotopic (exact) mass is 321 g/mol. The molecule has 2 aromatic rings. The zero-order valence-corrected chi connectivity index (χ0v) is 12.5. The summed E-state index contributed by atoms with van der Waals surface area (Å²) in [6.07, 6.45) is 2.92. The molecular formula is C15H12ClNO3S. The molecule has 0 saturated carbocycles. The summed E-state index contributed by atoms with van der Waals surface area (Å²) in [5.41, 5.74) is 0.481. The first-order valence-electron chi connectivity index (χ1n) is 6.08. The third-order valence-corrected chi connectivity index (χ3v) is 3.59. The summed E-state index contributed by atoms with van der Waals surface area (Å²) in [5, 5.41) is 4.90. The van der Waals surface area contributed by atoms with Gasteiger partial charge >= 0.3 is 5.97 Å². The number of hydrogen-bond acceptors (Lipinski definition) is 4. The van der Waals surface area contributed by atoms with Gasteiger partial charge in [0.1, 0.15) is 0 Å². The molecule has 1 heterocycles. The first kappa shape index (κ1) is 15.3. The van der Waals surface area contributed by atoms with Gasteiger partial charge < -0.3 is 10.1 Å². The van der Waals surface area contributed by atoms with Crippen molar-refractivity contribution in [2.75, 3.05) is 11.9 Å². The first-order chi connectivity index (χ1) is 10.1. The number of hydrogen-bond donors (Lipinski definition) is 1. The molecule has 0 unspecified atom stereocenters. The van der Waals surface area contributed by atoms with Crippen molar-refractivity contribution in [2.24, 2.45) is 0 Å². The van der Waals surface area contributed by atoms with Crippen LogP contribution in [0.15, 0.2) is 47.9 Å². The quantitative estimate of drug-likeness (QED) is 0.676. The van der Waals surface area contributed by atoms with E-state index in [0.717, 1.165) is 4.88 Å². The van der Waals surface area contributed by atoms with Crippen molar-refractivity contribution < 1.29 is 14.3 Å². The van der Waals surface area contributed by atoms with Crippen LogP contribution in [0.4, 0.5) is 5.69 Å². The highest BCUT2D eigenvalue weighted by Gasteiger charge is 2.07. The van der Waals surface area contributed by atoms with Crippen LogP contribution in [0.25, 0.3) is 6.08 Å². The third kappa shape index (κ3) is 5.06. The topological polar surface area (TPSA) is 55.4 Å². The summed E-state index contributed by atoms with van der Waals surface area (Å²) >= 11 is 7.41. The summed E-state index contributed by atoms with van der Waals surface area (Å²) in [7, 11) is 0. The highest BCUT2D eigenvalue weighted by molar-refractivity contribution is 7.10. The van der Waals surface area contributed by atoms with Crippen molar-refractivity contribution in [1.82, 2.24) is 0 Å². The Morgan fingerprint density at radius 2 is 2.05 bits per heavy atom. The highest BCUT2D eigenvalue weighted by atomic mass is 35.5. The molecule has 0 radical (unpaired) electrons. The summed E-state index contributed by atoms with van der Waals surface area (Å²) in [6, 6.07) is 10.6. The second-order valence-corrected chi connectivity index (χ2v) is 5.37. The summed E-state index contributed by atoms with van der Waals surface area (Å²) in [5.74, 6) is -1.02. The minimum absolute atomic E-state index is 0.362. The number of benzene rings is 1. The maximum absolute atomic E-state index is 11.6. The number of para-hydroxylation sites is 1. The van der Waals surface area contributed by atoms with Crippen LogP contribution < -0.4 is 5.32 Å². The molecule has 21 heavy (non-hydrogen) atoms. The molecule has 0 aliphatic carbocycles. The van der Waals surface area contributed by atoms with Gasteiger partial charge in [-0.25, -0.2) is 4.79 Å². The summed E-state index contributed by atoms with van der Waals surface area (Å²) in [4.78, 5) is 24.0. The number of nitrogens with one attached hydrogen (secondary N) is 1. The van der Waals surface area contributed by atoms with Gasteiger partial charge in [-0.15, -0.1) is 11.3 Å². The molecule has 1 aromatic heterocycles. The van der Waals surface area contributed by atoms with Crippen LogP contribution in [0.5, 0.6) is 0 Å². The highest BCUT2D eigenvalue weighted by Crippen LogP contribution is 2.20. The predicted octanol–water partition coefficient (Wildman–Crippen LogP) is 3.60. The first-order valence-corrected chi connectivity index (χ1v) is 7.33. The Balaban J connectivity index is 1.79. The van der Waals surface area contributed by atoms with Crippen LogP contribution in [-0.2, 0) is 14.3 Å². The molecule has 0 saturated heterocycles. The molecule has 0 fully saturated rings. The second-order valence-electron chi connectivity index (χ2n) is 3.98. The second kappa shape index (κ2) is 7.61. The van der Waals surface area contributed by atoms with Gasteiger partial charge in [0.25, 0.3) is 5.91 Å². The number of halogens is 1. The Kier molecular flexibility index (Phi) is 5.54. The number of thiophene rings is 1. The lowest BCUT2D eigenvalue weighted by Gasteiger charge is -2.06. The normalized spacial score (nSPS) is 10.5. The molecule has 1 amide bonds. The number of esters is 1. The number of ether oxygens (including phenoxy) is 1. The lowest BCUT2D eigenvalue weighted by atomic mass is 10.3. The Morgan fingerprint density at radius 1 is 1.24 bits per heavy atom. The smallest absolute Gasteiger partial charge is 0.331 e. The lowest BCUT2D eigenvalue weighted by Crippen LogP contribution is -2.20. The lowest BCUT2D eigenvalue weighted by molar-refractivity contribution is -0.142. The molecule has 0 atom stereocenters. The Hall–Kier alpha value is -2.11. The fourth-order valence-corrected chi connectivity index (χ4v) is 2.27. The van der Waals surface area contributed by atoms with E-state index in [-0.39, 0.29) is 6.61 Å². The number of amides is 1. The van der Waals surface area contributed by atoms with Crippen molar-refractivity contribution in [3.8, 4) is 0 Å². The molecule has 1 aromatic carbocycles. The van der Waals surface area contributed by atoms with Gasteiger partial charge in [0.15, 0.2) is 6.61 Å². The van der Waals surface area contributed by atoms with E-state index in [2.05, 4.69) is 5.32 Å². The molecule has 108 valence electrons. The van der Waals surface area contributed by atoms with Crippen molar-refractivity contribution in [1.29, 1.82) is 0 Å². The average Bonchev–Trinajstić information content (AvgIpc) is 2.99. The molecule has 2 rings (SSSR count). The van der Waals surface area contributed by atoms with Gasteiger partial charge in [0.2, 0.25) is 0 Å². The van der Waals surface area contributed by atoms with Crippen molar-refractivity contribution in [2.45, 2.75) is 0 Å². The van der Waals surface area contributed by atoms with E-state index < -0.39 is 11.9 Å². The SMILES string of the molecule is O=C(COC(=O)C=Cc1cccs1)Nc1ccccc1Cl. The fraction of sp³-hybridized carbons (Fsp3) is 0.0667. The van der Waals surface area contributed by atoms with Gasteiger partial charge in [-0.2, -0.15) is 0 Å². The van der Waals surface area contributed by atoms with Gasteiger partial charge in [0, 0.05) is 11.0 Å². The Morgan fingerprint density at radius 3 is 2.76 bits per heavy atom. The van der Waals surface area contributed by atoms with Gasteiger partial charge in [-0.05, 0) is 29.7 Å². The maximum Gasteiger partial charge on any atom is 0.331 e. The molecule has 4 nitrogen and oxygen atoms in total. The number of carbonyl (C=O) groups is 2. The fourth-order valence-electron chi connectivity index (χ4n) is 1.47. The molecule has 0 bridgehead atoms. The Bertz CT molecular complexity index is 653. The van der Waals surface area contributed by atoms with E-state index in [9.17, 15) is 9.59 Å². The van der Waals surface area contributed by atoms with Crippen LogP contribution >= 0.6 is 22.9 Å². The van der Waals surface area contributed by atoms with Crippen molar-refractivity contribution >= 4 is 46.6 Å². The minimum atomic E-state index is -0.572.